The second kappa shape index (κ2) is 11.8. The third kappa shape index (κ3) is 4.87. The zero-order chi connectivity index (χ0) is 31.9. The Balaban J connectivity index is 1.13. The van der Waals surface area contributed by atoms with Crippen LogP contribution in [0, 0.1) is 0 Å². The second-order valence-corrected chi connectivity index (χ2v) is 12.5. The molecule has 0 N–H and O–H groups in total. The van der Waals surface area contributed by atoms with Crippen LogP contribution in [0.3, 0.4) is 0 Å². The lowest BCUT2D eigenvalue weighted by molar-refractivity contribution is 1.63. The van der Waals surface area contributed by atoms with Crippen molar-refractivity contribution in [3.63, 3.8) is 0 Å². The lowest BCUT2D eigenvalue weighted by atomic mass is 9.85. The van der Waals surface area contributed by atoms with Gasteiger partial charge in [0, 0.05) is 0 Å². The van der Waals surface area contributed by atoms with Gasteiger partial charge in [-0.25, -0.2) is 0 Å². The maximum Gasteiger partial charge on any atom is -0.00262 e. The van der Waals surface area contributed by atoms with E-state index in [2.05, 4.69) is 194 Å². The fourth-order valence-electron chi connectivity index (χ4n) is 7.38. The van der Waals surface area contributed by atoms with Gasteiger partial charge in [0.1, 0.15) is 0 Å². The first-order valence-corrected chi connectivity index (χ1v) is 16.6. The molecule has 0 spiro atoms. The van der Waals surface area contributed by atoms with E-state index >= 15 is 0 Å². The molecule has 0 aliphatic rings. The van der Waals surface area contributed by atoms with Crippen LogP contribution in [-0.2, 0) is 0 Å². The molecule has 0 radical (unpaired) electrons. The molecule has 48 heavy (non-hydrogen) atoms. The Morgan fingerprint density at radius 2 is 0.812 bits per heavy atom. The Kier molecular flexibility index (Phi) is 6.91. The van der Waals surface area contributed by atoms with Gasteiger partial charge in [-0.2, -0.15) is 0 Å². The monoisotopic (exact) mass is 608 g/mol. The summed E-state index contributed by atoms with van der Waals surface area (Å²) in [6.07, 6.45) is 4.47. The summed E-state index contributed by atoms with van der Waals surface area (Å²) in [7, 11) is 0. The van der Waals surface area contributed by atoms with Crippen molar-refractivity contribution >= 4 is 55.2 Å². The molecule has 0 aromatic heterocycles. The molecule has 9 aromatic rings. The third-order valence-corrected chi connectivity index (χ3v) is 9.67. The zero-order valence-electron chi connectivity index (χ0n) is 26.5. The molecule has 0 saturated heterocycles. The third-order valence-electron chi connectivity index (χ3n) is 9.67. The fourth-order valence-corrected chi connectivity index (χ4v) is 7.38. The molecule has 0 bridgehead atoms. The summed E-state index contributed by atoms with van der Waals surface area (Å²) >= 11 is 0. The van der Waals surface area contributed by atoms with E-state index in [0.29, 0.717) is 0 Å². The van der Waals surface area contributed by atoms with Gasteiger partial charge in [0.25, 0.3) is 0 Å². The number of hydrogen-bond donors (Lipinski definition) is 0. The van der Waals surface area contributed by atoms with Gasteiger partial charge < -0.3 is 0 Å². The summed E-state index contributed by atoms with van der Waals surface area (Å²) in [6.45, 7) is 0. The molecule has 9 aromatic carbocycles. The molecule has 0 unspecified atom stereocenters. The van der Waals surface area contributed by atoms with Crippen LogP contribution in [0.2, 0.25) is 0 Å². The van der Waals surface area contributed by atoms with E-state index in [4.69, 9.17) is 0 Å². The van der Waals surface area contributed by atoms with Gasteiger partial charge in [-0.3, -0.25) is 0 Å². The molecule has 0 aliphatic heterocycles. The van der Waals surface area contributed by atoms with Crippen LogP contribution < -0.4 is 0 Å². The van der Waals surface area contributed by atoms with Gasteiger partial charge in [0.2, 0.25) is 0 Å². The molecule has 0 aliphatic carbocycles. The summed E-state index contributed by atoms with van der Waals surface area (Å²) in [5.41, 5.74) is 9.94. The van der Waals surface area contributed by atoms with Gasteiger partial charge in [0.05, 0.1) is 0 Å². The van der Waals surface area contributed by atoms with Crippen molar-refractivity contribution < 1.29 is 0 Å². The van der Waals surface area contributed by atoms with E-state index in [1.807, 2.05) is 0 Å². The minimum Gasteiger partial charge on any atom is -0.0622 e. The summed E-state index contributed by atoms with van der Waals surface area (Å²) in [5, 5.41) is 10.1. The maximum absolute atomic E-state index is 2.34. The average molecular weight is 609 g/mol. The first-order valence-electron chi connectivity index (χ1n) is 16.6. The van der Waals surface area contributed by atoms with Crippen molar-refractivity contribution in [3.05, 3.63) is 193 Å². The summed E-state index contributed by atoms with van der Waals surface area (Å²) < 4.78 is 0. The Morgan fingerprint density at radius 3 is 1.48 bits per heavy atom. The quantitative estimate of drug-likeness (QED) is 0.135. The van der Waals surface area contributed by atoms with E-state index in [0.717, 1.165) is 0 Å². The molecule has 0 heterocycles. The van der Waals surface area contributed by atoms with Crippen molar-refractivity contribution in [1.82, 2.24) is 0 Å². The number of fused-ring (bicyclic) bond motifs is 4. The minimum absolute atomic E-state index is 1.18. The van der Waals surface area contributed by atoms with Gasteiger partial charge in [-0.1, -0.05) is 188 Å². The standard InChI is InChI=1S/C48H32/c1-2-13-35(14-3-1)41-31-30-36(40-16-6-7-17-42(40)41)25-22-33-23-26-37(27-24-33)47-43-18-8-10-20-45(43)48(46-21-11-9-19-44(46)47)39-29-28-34-12-4-5-15-38(34)32-39/h1-32H/b25-22+. The van der Waals surface area contributed by atoms with E-state index in [1.54, 1.807) is 0 Å². The largest absolute Gasteiger partial charge is 0.0622 e. The highest BCUT2D eigenvalue weighted by Crippen LogP contribution is 2.44. The van der Waals surface area contributed by atoms with Crippen molar-refractivity contribution in [2.45, 2.75) is 0 Å². The highest BCUT2D eigenvalue weighted by atomic mass is 14.2. The first kappa shape index (κ1) is 28.0. The van der Waals surface area contributed by atoms with Gasteiger partial charge in [-0.05, 0) is 93.7 Å². The molecule has 0 nitrogen and oxygen atoms in total. The lowest BCUT2D eigenvalue weighted by Gasteiger charge is -2.18. The van der Waals surface area contributed by atoms with E-state index in [1.165, 1.54) is 87.6 Å². The SMILES string of the molecule is C(=C\c1ccc(-c2ccccc2)c2ccccc12)/c1ccc(-c2c3ccccc3c(-c3ccc4ccccc4c3)c3ccccc23)cc1. The minimum atomic E-state index is 1.18. The highest BCUT2D eigenvalue weighted by molar-refractivity contribution is 6.21. The Hall–Kier alpha value is -6.24. The first-order chi connectivity index (χ1) is 23.8. The smallest absolute Gasteiger partial charge is 0.00262 e. The Bertz CT molecular complexity index is 2580. The van der Waals surface area contributed by atoms with Crippen molar-refractivity contribution in [2.24, 2.45) is 0 Å². The van der Waals surface area contributed by atoms with E-state index < -0.39 is 0 Å². The molecule has 9 rings (SSSR count). The van der Waals surface area contributed by atoms with Crippen molar-refractivity contribution in [2.75, 3.05) is 0 Å². The molecular weight excluding hydrogens is 577 g/mol. The van der Waals surface area contributed by atoms with Crippen LogP contribution in [0.4, 0.5) is 0 Å². The van der Waals surface area contributed by atoms with E-state index in [9.17, 15) is 0 Å². The van der Waals surface area contributed by atoms with Crippen LogP contribution in [0.1, 0.15) is 11.1 Å². The molecule has 0 fully saturated rings. The fraction of sp³-hybridized carbons (Fsp3) is 0. The van der Waals surface area contributed by atoms with Crippen LogP contribution >= 0.6 is 0 Å². The number of hydrogen-bond acceptors (Lipinski definition) is 0. The summed E-state index contributed by atoms with van der Waals surface area (Å²) in [5.74, 6) is 0. The Morgan fingerprint density at radius 1 is 0.292 bits per heavy atom. The molecular formula is C48H32. The lowest BCUT2D eigenvalue weighted by Crippen LogP contribution is -1.91. The van der Waals surface area contributed by atoms with Gasteiger partial charge >= 0.3 is 0 Å². The van der Waals surface area contributed by atoms with E-state index in [-0.39, 0.29) is 0 Å². The summed E-state index contributed by atoms with van der Waals surface area (Å²) in [6, 6.07) is 66.1. The van der Waals surface area contributed by atoms with Crippen LogP contribution in [0.25, 0.3) is 88.6 Å². The van der Waals surface area contributed by atoms with Crippen molar-refractivity contribution in [1.29, 1.82) is 0 Å². The molecule has 0 atom stereocenters. The Labute approximate surface area is 280 Å². The predicted molar refractivity (Wildman–Crippen MR) is 208 cm³/mol. The normalized spacial score (nSPS) is 11.7. The predicted octanol–water partition coefficient (Wildman–Crippen LogP) is 13.5. The highest BCUT2D eigenvalue weighted by Gasteiger charge is 2.16. The second-order valence-electron chi connectivity index (χ2n) is 12.5. The van der Waals surface area contributed by atoms with Crippen molar-refractivity contribution in [3.8, 4) is 33.4 Å². The summed E-state index contributed by atoms with van der Waals surface area (Å²) in [4.78, 5) is 0. The van der Waals surface area contributed by atoms with Gasteiger partial charge in [-0.15, -0.1) is 0 Å². The number of benzene rings is 9. The molecule has 0 amide bonds. The molecule has 0 heteroatoms. The molecule has 224 valence electrons. The van der Waals surface area contributed by atoms with Crippen LogP contribution in [-0.4, -0.2) is 0 Å². The molecule has 0 saturated carbocycles. The topological polar surface area (TPSA) is 0 Å². The number of rotatable bonds is 5. The average Bonchev–Trinajstić information content (AvgIpc) is 3.16. The van der Waals surface area contributed by atoms with Crippen LogP contribution in [0.5, 0.6) is 0 Å². The van der Waals surface area contributed by atoms with Crippen LogP contribution in [0.15, 0.2) is 182 Å². The maximum atomic E-state index is 2.34. The zero-order valence-corrected chi connectivity index (χ0v) is 26.5. The van der Waals surface area contributed by atoms with Gasteiger partial charge in [0.15, 0.2) is 0 Å².